The molecule has 0 unspecified atom stereocenters. The lowest BCUT2D eigenvalue weighted by Crippen LogP contribution is -2.56. The third-order valence-corrected chi connectivity index (χ3v) is 2.29. The Morgan fingerprint density at radius 1 is 1.42 bits per heavy atom. The van der Waals surface area contributed by atoms with Gasteiger partial charge >= 0.3 is 0 Å². The first-order valence-electron chi connectivity index (χ1n) is 4.22. The molecule has 70 valence electrons. The van der Waals surface area contributed by atoms with Gasteiger partial charge in [-0.25, -0.2) is 0 Å². The molecule has 1 aliphatic rings. The van der Waals surface area contributed by atoms with Crippen molar-refractivity contribution in [2.75, 3.05) is 0 Å². The molecule has 0 radical (unpaired) electrons. The first-order chi connectivity index (χ1) is 5.26. The molecule has 0 aliphatic carbocycles. The molecule has 0 aromatic rings. The topological polar surface area (TPSA) is 49.5 Å². The summed E-state index contributed by atoms with van der Waals surface area (Å²) < 4.78 is 0. The first kappa shape index (κ1) is 9.55. The van der Waals surface area contributed by atoms with E-state index in [4.69, 9.17) is 5.73 Å². The zero-order chi connectivity index (χ0) is 9.57. The van der Waals surface area contributed by atoms with Gasteiger partial charge in [-0.15, -0.1) is 0 Å². The second-order valence-electron chi connectivity index (χ2n) is 4.67. The van der Waals surface area contributed by atoms with Crippen molar-refractivity contribution in [2.24, 2.45) is 5.73 Å². The van der Waals surface area contributed by atoms with E-state index in [2.05, 4.69) is 0 Å². The Balaban J connectivity index is 3.02. The minimum Gasteiger partial charge on any atom is -0.402 e. The standard InChI is InChI=1S/C9H18N2O/c1-8(2)5-7(10)6-9(3,4)11(8)12/h5,12H,6,10H2,1-4H3. The molecule has 3 heteroatoms. The molecular formula is C9H18N2O. The van der Waals surface area contributed by atoms with Crippen LogP contribution in [-0.2, 0) is 0 Å². The predicted molar refractivity (Wildman–Crippen MR) is 48.7 cm³/mol. The summed E-state index contributed by atoms with van der Waals surface area (Å²) in [5.74, 6) is 0. The van der Waals surface area contributed by atoms with Gasteiger partial charge in [-0.3, -0.25) is 0 Å². The monoisotopic (exact) mass is 170 g/mol. The maximum atomic E-state index is 9.82. The summed E-state index contributed by atoms with van der Waals surface area (Å²) in [6.45, 7) is 7.85. The summed E-state index contributed by atoms with van der Waals surface area (Å²) >= 11 is 0. The molecule has 1 rings (SSSR count). The minimum atomic E-state index is -0.355. The van der Waals surface area contributed by atoms with Gasteiger partial charge in [0, 0.05) is 17.7 Å². The van der Waals surface area contributed by atoms with Crippen molar-refractivity contribution in [3.63, 3.8) is 0 Å². The van der Waals surface area contributed by atoms with E-state index in [1.165, 1.54) is 5.06 Å². The normalized spacial score (nSPS) is 28.2. The van der Waals surface area contributed by atoms with Crippen molar-refractivity contribution < 1.29 is 5.21 Å². The fourth-order valence-corrected chi connectivity index (χ4v) is 1.92. The number of hydrogen-bond acceptors (Lipinski definition) is 3. The van der Waals surface area contributed by atoms with Gasteiger partial charge in [-0.1, -0.05) is 0 Å². The Bertz CT molecular complexity index is 219. The van der Waals surface area contributed by atoms with Gasteiger partial charge < -0.3 is 10.9 Å². The minimum absolute atomic E-state index is 0.262. The van der Waals surface area contributed by atoms with Crippen LogP contribution in [0.3, 0.4) is 0 Å². The van der Waals surface area contributed by atoms with Crippen molar-refractivity contribution in [1.29, 1.82) is 0 Å². The zero-order valence-electron chi connectivity index (χ0n) is 8.26. The quantitative estimate of drug-likeness (QED) is 0.579. The number of nitrogens with two attached hydrogens (primary N) is 1. The molecule has 12 heavy (non-hydrogen) atoms. The molecule has 0 atom stereocenters. The average Bonchev–Trinajstić information content (AvgIpc) is 1.80. The van der Waals surface area contributed by atoms with Crippen molar-refractivity contribution in [1.82, 2.24) is 5.06 Å². The van der Waals surface area contributed by atoms with Crippen molar-refractivity contribution in [3.05, 3.63) is 11.8 Å². The van der Waals surface area contributed by atoms with Crippen molar-refractivity contribution in [3.8, 4) is 0 Å². The molecule has 0 saturated carbocycles. The summed E-state index contributed by atoms with van der Waals surface area (Å²) in [6, 6.07) is 0. The third-order valence-electron chi connectivity index (χ3n) is 2.29. The Labute approximate surface area is 73.8 Å². The van der Waals surface area contributed by atoms with Crippen LogP contribution in [0, 0.1) is 0 Å². The first-order valence-corrected chi connectivity index (χ1v) is 4.22. The molecule has 1 heterocycles. The number of hydrogen-bond donors (Lipinski definition) is 2. The van der Waals surface area contributed by atoms with Crippen LogP contribution in [0.5, 0.6) is 0 Å². The molecule has 0 fully saturated rings. The van der Waals surface area contributed by atoms with Crippen molar-refractivity contribution >= 4 is 0 Å². The maximum Gasteiger partial charge on any atom is 0.0609 e. The predicted octanol–water partition coefficient (Wildman–Crippen LogP) is 1.48. The van der Waals surface area contributed by atoms with E-state index in [0.717, 1.165) is 5.70 Å². The van der Waals surface area contributed by atoms with Crippen LogP contribution in [-0.4, -0.2) is 21.3 Å². The summed E-state index contributed by atoms with van der Waals surface area (Å²) in [5, 5.41) is 11.2. The second kappa shape index (κ2) is 2.47. The molecular weight excluding hydrogens is 152 g/mol. The van der Waals surface area contributed by atoms with Crippen LogP contribution in [0.2, 0.25) is 0 Å². The van der Waals surface area contributed by atoms with Gasteiger partial charge in [0.25, 0.3) is 0 Å². The van der Waals surface area contributed by atoms with E-state index in [-0.39, 0.29) is 11.1 Å². The molecule has 0 spiro atoms. The van der Waals surface area contributed by atoms with Crippen LogP contribution >= 0.6 is 0 Å². The van der Waals surface area contributed by atoms with Gasteiger partial charge in [-0.05, 0) is 33.8 Å². The molecule has 0 bridgehead atoms. The summed E-state index contributed by atoms with van der Waals surface area (Å²) in [7, 11) is 0. The molecule has 0 amide bonds. The fraction of sp³-hybridized carbons (Fsp3) is 0.778. The van der Waals surface area contributed by atoms with E-state index in [0.29, 0.717) is 6.42 Å². The van der Waals surface area contributed by atoms with Gasteiger partial charge in [0.05, 0.1) is 5.54 Å². The zero-order valence-corrected chi connectivity index (χ0v) is 8.26. The van der Waals surface area contributed by atoms with Gasteiger partial charge in [0.1, 0.15) is 0 Å². The molecule has 0 saturated heterocycles. The smallest absolute Gasteiger partial charge is 0.0609 e. The van der Waals surface area contributed by atoms with Gasteiger partial charge in [0.15, 0.2) is 0 Å². The molecule has 3 N–H and O–H groups in total. The SMILES string of the molecule is CC1(C)C=C(N)CC(C)(C)N1O. The Hall–Kier alpha value is -0.540. The highest BCUT2D eigenvalue weighted by Crippen LogP contribution is 2.33. The lowest BCUT2D eigenvalue weighted by atomic mass is 9.86. The fourth-order valence-electron chi connectivity index (χ4n) is 1.92. The van der Waals surface area contributed by atoms with Crippen LogP contribution in [0.4, 0.5) is 0 Å². The molecule has 1 aliphatic heterocycles. The van der Waals surface area contributed by atoms with E-state index in [1.807, 2.05) is 33.8 Å². The van der Waals surface area contributed by atoms with Crippen LogP contribution in [0.25, 0.3) is 0 Å². The maximum absolute atomic E-state index is 9.82. The van der Waals surface area contributed by atoms with E-state index < -0.39 is 0 Å². The number of rotatable bonds is 0. The molecule has 0 aromatic heterocycles. The van der Waals surface area contributed by atoms with E-state index in [1.54, 1.807) is 0 Å². The Morgan fingerprint density at radius 2 is 1.92 bits per heavy atom. The highest BCUT2D eigenvalue weighted by atomic mass is 16.5. The average molecular weight is 170 g/mol. The highest BCUT2D eigenvalue weighted by Gasteiger charge is 2.39. The lowest BCUT2D eigenvalue weighted by molar-refractivity contribution is -0.214. The van der Waals surface area contributed by atoms with Crippen LogP contribution < -0.4 is 5.73 Å². The van der Waals surface area contributed by atoms with E-state index in [9.17, 15) is 5.21 Å². The van der Waals surface area contributed by atoms with E-state index >= 15 is 0 Å². The van der Waals surface area contributed by atoms with Crippen LogP contribution in [0.1, 0.15) is 34.1 Å². The third kappa shape index (κ3) is 1.47. The second-order valence-corrected chi connectivity index (χ2v) is 4.67. The van der Waals surface area contributed by atoms with Gasteiger partial charge in [-0.2, -0.15) is 5.06 Å². The Kier molecular flexibility index (Phi) is 1.97. The number of nitrogens with zero attached hydrogens (tertiary/aromatic N) is 1. The molecule has 3 nitrogen and oxygen atoms in total. The summed E-state index contributed by atoms with van der Waals surface area (Å²) in [5.41, 5.74) is 6.01. The Morgan fingerprint density at radius 3 is 2.33 bits per heavy atom. The highest BCUT2D eigenvalue weighted by molar-refractivity contribution is 5.17. The largest absolute Gasteiger partial charge is 0.402 e. The lowest BCUT2D eigenvalue weighted by Gasteiger charge is -2.46. The summed E-state index contributed by atoms with van der Waals surface area (Å²) in [4.78, 5) is 0. The van der Waals surface area contributed by atoms with Gasteiger partial charge in [0.2, 0.25) is 0 Å². The van der Waals surface area contributed by atoms with Crippen LogP contribution in [0.15, 0.2) is 11.8 Å². The molecule has 0 aromatic carbocycles. The van der Waals surface area contributed by atoms with Crippen molar-refractivity contribution in [2.45, 2.75) is 45.2 Å². The summed E-state index contributed by atoms with van der Waals surface area (Å²) in [6.07, 6.45) is 2.62. The number of hydroxylamine groups is 2.